The summed E-state index contributed by atoms with van der Waals surface area (Å²) in [6, 6.07) is 11.2. The maximum Gasteiger partial charge on any atom is 0.317 e. The van der Waals surface area contributed by atoms with Crippen molar-refractivity contribution < 1.29 is 9.53 Å². The van der Waals surface area contributed by atoms with Gasteiger partial charge in [-0.15, -0.1) is 0 Å². The van der Waals surface area contributed by atoms with Crippen molar-refractivity contribution in [2.75, 3.05) is 39.4 Å². The molecule has 2 unspecified atom stereocenters. The van der Waals surface area contributed by atoms with E-state index < -0.39 is 0 Å². The molecule has 2 amide bonds. The van der Waals surface area contributed by atoms with Crippen molar-refractivity contribution >= 4 is 6.03 Å². The molecule has 2 aliphatic rings. The lowest BCUT2D eigenvalue weighted by molar-refractivity contribution is 0.158. The van der Waals surface area contributed by atoms with Gasteiger partial charge in [0.1, 0.15) is 0 Å². The van der Waals surface area contributed by atoms with Gasteiger partial charge in [-0.2, -0.15) is 0 Å². The number of ether oxygens (including phenoxy) is 1. The molecule has 3 rings (SSSR count). The molecule has 0 radical (unpaired) electrons. The van der Waals surface area contributed by atoms with Crippen LogP contribution in [-0.4, -0.2) is 61.3 Å². The lowest BCUT2D eigenvalue weighted by Gasteiger charge is -2.32. The van der Waals surface area contributed by atoms with E-state index in [4.69, 9.17) is 4.74 Å². The van der Waals surface area contributed by atoms with Crippen molar-refractivity contribution in [1.29, 1.82) is 0 Å². The second kappa shape index (κ2) is 9.38. The first-order chi connectivity index (χ1) is 12.7. The standard InChI is InChI=1S/C21H33N3O2/c1-3-23(4-2)20(18-8-6-5-7-9-18)14-22-21(25)24(19-10-11-19)15-17-12-13-26-16-17/h5-9,17,19-20H,3-4,10-16H2,1-2H3,(H,22,25). The Bertz CT molecular complexity index is 552. The average molecular weight is 360 g/mol. The Hall–Kier alpha value is -1.59. The zero-order valence-corrected chi connectivity index (χ0v) is 16.2. The maximum atomic E-state index is 12.9. The van der Waals surface area contributed by atoms with E-state index in [0.29, 0.717) is 18.5 Å². The van der Waals surface area contributed by atoms with E-state index in [9.17, 15) is 4.79 Å². The largest absolute Gasteiger partial charge is 0.381 e. The van der Waals surface area contributed by atoms with Crippen LogP contribution in [0.25, 0.3) is 0 Å². The first kappa shape index (κ1) is 19.2. The van der Waals surface area contributed by atoms with Crippen molar-refractivity contribution in [3.05, 3.63) is 35.9 Å². The molecule has 2 fully saturated rings. The van der Waals surface area contributed by atoms with Gasteiger partial charge in [0.25, 0.3) is 0 Å². The monoisotopic (exact) mass is 359 g/mol. The SMILES string of the molecule is CCN(CC)C(CNC(=O)N(CC1CCOC1)C1CC1)c1ccccc1. The van der Waals surface area contributed by atoms with Crippen molar-refractivity contribution in [3.63, 3.8) is 0 Å². The summed E-state index contributed by atoms with van der Waals surface area (Å²) in [4.78, 5) is 17.4. The molecule has 0 spiro atoms. The van der Waals surface area contributed by atoms with Gasteiger partial charge in [0, 0.05) is 31.7 Å². The number of nitrogens with one attached hydrogen (secondary N) is 1. The minimum atomic E-state index is 0.0903. The number of nitrogens with zero attached hydrogens (tertiary/aromatic N) is 2. The molecule has 1 N–H and O–H groups in total. The van der Waals surface area contributed by atoms with E-state index in [0.717, 1.165) is 52.1 Å². The average Bonchev–Trinajstić information content (AvgIpc) is 3.39. The normalized spacial score (nSPS) is 21.0. The molecule has 2 atom stereocenters. The molecule has 1 aromatic carbocycles. The molecule has 1 aromatic rings. The van der Waals surface area contributed by atoms with Crippen LogP contribution in [0.15, 0.2) is 30.3 Å². The van der Waals surface area contributed by atoms with Gasteiger partial charge in [-0.3, -0.25) is 4.90 Å². The van der Waals surface area contributed by atoms with Crippen LogP contribution in [0, 0.1) is 5.92 Å². The summed E-state index contributed by atoms with van der Waals surface area (Å²) in [5.74, 6) is 0.494. The van der Waals surface area contributed by atoms with E-state index in [1.165, 1.54) is 5.56 Å². The second-order valence-electron chi connectivity index (χ2n) is 7.45. The summed E-state index contributed by atoms with van der Waals surface area (Å²) >= 11 is 0. The highest BCUT2D eigenvalue weighted by atomic mass is 16.5. The molecular formula is C21H33N3O2. The molecular weight excluding hydrogens is 326 g/mol. The topological polar surface area (TPSA) is 44.8 Å². The van der Waals surface area contributed by atoms with Crippen LogP contribution in [0.3, 0.4) is 0 Å². The van der Waals surface area contributed by atoms with E-state index in [2.05, 4.69) is 53.2 Å². The van der Waals surface area contributed by atoms with E-state index >= 15 is 0 Å². The zero-order chi connectivity index (χ0) is 18.4. The van der Waals surface area contributed by atoms with Gasteiger partial charge in [0.15, 0.2) is 0 Å². The molecule has 1 aliphatic heterocycles. The molecule has 1 aliphatic carbocycles. The van der Waals surface area contributed by atoms with Crippen molar-refractivity contribution in [1.82, 2.24) is 15.1 Å². The smallest absolute Gasteiger partial charge is 0.317 e. The Kier molecular flexibility index (Phi) is 6.92. The zero-order valence-electron chi connectivity index (χ0n) is 16.2. The van der Waals surface area contributed by atoms with Gasteiger partial charge in [-0.25, -0.2) is 4.79 Å². The Balaban J connectivity index is 1.62. The third-order valence-electron chi connectivity index (χ3n) is 5.61. The molecule has 1 heterocycles. The van der Waals surface area contributed by atoms with Crippen molar-refractivity contribution in [2.45, 2.75) is 45.2 Å². The van der Waals surface area contributed by atoms with Crippen molar-refractivity contribution in [2.24, 2.45) is 5.92 Å². The number of likely N-dealkylation sites (N-methyl/N-ethyl adjacent to an activating group) is 1. The number of rotatable bonds is 9. The molecule has 1 saturated carbocycles. The lowest BCUT2D eigenvalue weighted by atomic mass is 10.1. The predicted molar refractivity (Wildman–Crippen MR) is 104 cm³/mol. The van der Waals surface area contributed by atoms with Gasteiger partial charge in [-0.05, 0) is 37.9 Å². The number of amides is 2. The van der Waals surface area contributed by atoms with Gasteiger partial charge < -0.3 is 15.0 Å². The number of urea groups is 1. The minimum Gasteiger partial charge on any atom is -0.381 e. The van der Waals surface area contributed by atoms with Crippen molar-refractivity contribution in [3.8, 4) is 0 Å². The fourth-order valence-electron chi connectivity index (χ4n) is 3.87. The summed E-state index contributed by atoms with van der Waals surface area (Å²) in [5, 5.41) is 3.23. The Morgan fingerprint density at radius 2 is 1.92 bits per heavy atom. The number of carbonyl (C=O) groups is 1. The Morgan fingerprint density at radius 3 is 2.50 bits per heavy atom. The molecule has 0 aromatic heterocycles. The van der Waals surface area contributed by atoms with Gasteiger partial charge in [0.05, 0.1) is 12.6 Å². The number of hydrogen-bond donors (Lipinski definition) is 1. The number of carbonyl (C=O) groups excluding carboxylic acids is 1. The molecule has 5 nitrogen and oxygen atoms in total. The molecule has 1 saturated heterocycles. The first-order valence-corrected chi connectivity index (χ1v) is 10.1. The van der Waals surface area contributed by atoms with Gasteiger partial charge >= 0.3 is 6.03 Å². The Labute approximate surface area is 157 Å². The van der Waals surface area contributed by atoms with Crippen LogP contribution < -0.4 is 5.32 Å². The van der Waals surface area contributed by atoms with E-state index in [-0.39, 0.29) is 12.1 Å². The van der Waals surface area contributed by atoms with Crippen LogP contribution in [0.2, 0.25) is 0 Å². The summed E-state index contributed by atoms with van der Waals surface area (Å²) < 4.78 is 5.49. The van der Waals surface area contributed by atoms with E-state index in [1.54, 1.807) is 0 Å². The summed E-state index contributed by atoms with van der Waals surface area (Å²) in [7, 11) is 0. The Morgan fingerprint density at radius 1 is 1.19 bits per heavy atom. The lowest BCUT2D eigenvalue weighted by Crippen LogP contribution is -2.47. The van der Waals surface area contributed by atoms with Crippen LogP contribution in [-0.2, 0) is 4.74 Å². The number of hydrogen-bond acceptors (Lipinski definition) is 3. The van der Waals surface area contributed by atoms with Gasteiger partial charge in [0.2, 0.25) is 0 Å². The van der Waals surface area contributed by atoms with Crippen LogP contribution in [0.5, 0.6) is 0 Å². The third-order valence-corrected chi connectivity index (χ3v) is 5.61. The summed E-state index contributed by atoms with van der Waals surface area (Å²) in [6.07, 6.45) is 3.35. The number of benzene rings is 1. The van der Waals surface area contributed by atoms with Crippen LogP contribution >= 0.6 is 0 Å². The highest BCUT2D eigenvalue weighted by Crippen LogP contribution is 2.29. The fourth-order valence-corrected chi connectivity index (χ4v) is 3.87. The maximum absolute atomic E-state index is 12.9. The molecule has 5 heteroatoms. The first-order valence-electron chi connectivity index (χ1n) is 10.1. The predicted octanol–water partition coefficient (Wildman–Crippen LogP) is 3.28. The molecule has 26 heavy (non-hydrogen) atoms. The minimum absolute atomic E-state index is 0.0903. The quantitative estimate of drug-likeness (QED) is 0.736. The molecule has 0 bridgehead atoms. The fraction of sp³-hybridized carbons (Fsp3) is 0.667. The highest BCUT2D eigenvalue weighted by Gasteiger charge is 2.35. The highest BCUT2D eigenvalue weighted by molar-refractivity contribution is 5.75. The van der Waals surface area contributed by atoms with E-state index in [1.807, 2.05) is 6.07 Å². The molecule has 144 valence electrons. The third kappa shape index (κ3) is 4.98. The van der Waals surface area contributed by atoms with Gasteiger partial charge in [-0.1, -0.05) is 44.2 Å². The second-order valence-corrected chi connectivity index (χ2v) is 7.45. The summed E-state index contributed by atoms with van der Waals surface area (Å²) in [6.45, 7) is 9.41. The summed E-state index contributed by atoms with van der Waals surface area (Å²) in [5.41, 5.74) is 1.26. The van der Waals surface area contributed by atoms with Crippen LogP contribution in [0.1, 0.15) is 44.7 Å². The van der Waals surface area contributed by atoms with Crippen LogP contribution in [0.4, 0.5) is 4.79 Å².